The molecule has 0 radical (unpaired) electrons. The van der Waals surface area contributed by atoms with Gasteiger partial charge in [0.05, 0.1) is 50.6 Å². The Morgan fingerprint density at radius 3 is 1.02 bits per heavy atom. The van der Waals surface area contributed by atoms with Crippen LogP contribution in [0.1, 0.15) is 5.56 Å². The van der Waals surface area contributed by atoms with Gasteiger partial charge < -0.3 is 9.13 Å². The highest BCUT2D eigenvalue weighted by Crippen LogP contribution is 2.44. The van der Waals surface area contributed by atoms with Crippen LogP contribution in [0.25, 0.3) is 112 Å². The van der Waals surface area contributed by atoms with Gasteiger partial charge in [-0.15, -0.1) is 0 Å². The van der Waals surface area contributed by atoms with Crippen LogP contribution >= 0.6 is 0 Å². The average Bonchev–Trinajstić information content (AvgIpc) is 3.88. The second-order valence-electron chi connectivity index (χ2n) is 15.5. The van der Waals surface area contributed by atoms with Crippen molar-refractivity contribution in [3.05, 3.63) is 194 Å². The molecule has 0 saturated carbocycles. The molecule has 6 aromatic heterocycles. The number of hydrogen-bond donors (Lipinski definition) is 0. The van der Waals surface area contributed by atoms with E-state index >= 15 is 8.78 Å². The van der Waals surface area contributed by atoms with Gasteiger partial charge in [-0.1, -0.05) is 54.6 Å². The van der Waals surface area contributed by atoms with Crippen LogP contribution in [0.15, 0.2) is 177 Å². The van der Waals surface area contributed by atoms with E-state index in [1.165, 1.54) is 18.2 Å². The molecule has 0 atom stereocenters. The summed E-state index contributed by atoms with van der Waals surface area (Å²) in [7, 11) is 0. The van der Waals surface area contributed by atoms with E-state index in [0.717, 1.165) is 65.9 Å². The van der Waals surface area contributed by atoms with Crippen LogP contribution in [-0.4, -0.2) is 49.0 Å². The summed E-state index contributed by atoms with van der Waals surface area (Å²) in [6, 6.07) is 40.5. The summed E-state index contributed by atoms with van der Waals surface area (Å²) in [4.78, 5) is 36.6. The monoisotopic (exact) mass is 857 g/mol. The maximum atomic E-state index is 16.1. The van der Waals surface area contributed by atoms with Crippen LogP contribution in [0.4, 0.5) is 8.78 Å². The van der Waals surface area contributed by atoms with Crippen molar-refractivity contribution in [2.75, 3.05) is 0 Å². The maximum absolute atomic E-state index is 16.1. The number of aromatic nitrogens is 10. The third kappa shape index (κ3) is 6.23. The third-order valence-electron chi connectivity index (χ3n) is 11.8. The molecule has 11 nitrogen and oxygen atoms in total. The van der Waals surface area contributed by atoms with Gasteiger partial charge in [0.1, 0.15) is 11.6 Å². The fourth-order valence-electron chi connectivity index (χ4n) is 8.89. The van der Waals surface area contributed by atoms with E-state index in [1.54, 1.807) is 86.0 Å². The van der Waals surface area contributed by atoms with E-state index in [0.29, 0.717) is 34.7 Å². The molecule has 0 aliphatic carbocycles. The lowest BCUT2D eigenvalue weighted by molar-refractivity contribution is 0.589. The van der Waals surface area contributed by atoms with Gasteiger partial charge in [0, 0.05) is 98.9 Å². The quantitative estimate of drug-likeness (QED) is 0.153. The molecule has 0 N–H and O–H groups in total. The van der Waals surface area contributed by atoms with Crippen molar-refractivity contribution in [3.8, 4) is 74.1 Å². The normalized spacial score (nSPS) is 11.5. The van der Waals surface area contributed by atoms with Gasteiger partial charge in [-0.25, -0.2) is 48.7 Å². The summed E-state index contributed by atoms with van der Waals surface area (Å²) in [5, 5.41) is 14.6. The second-order valence-corrected chi connectivity index (χ2v) is 15.5. The molecule has 0 fully saturated rings. The minimum Gasteiger partial charge on any atom is -0.307 e. The molecule has 0 aliphatic heterocycles. The van der Waals surface area contributed by atoms with Gasteiger partial charge in [-0.2, -0.15) is 5.26 Å². The molecule has 0 amide bonds. The van der Waals surface area contributed by atoms with Crippen LogP contribution in [0.3, 0.4) is 0 Å². The highest BCUT2D eigenvalue weighted by Gasteiger charge is 2.26. The fourth-order valence-corrected chi connectivity index (χ4v) is 8.89. The number of halogens is 2. The van der Waals surface area contributed by atoms with E-state index in [4.69, 9.17) is 0 Å². The van der Waals surface area contributed by atoms with E-state index in [2.05, 4.69) is 55.1 Å². The Morgan fingerprint density at radius 2 is 0.697 bits per heavy atom. The Hall–Kier alpha value is -9.41. The molecule has 12 aromatic rings. The predicted molar refractivity (Wildman–Crippen MR) is 249 cm³/mol. The smallest absolute Gasteiger partial charge is 0.159 e. The molecule has 66 heavy (non-hydrogen) atoms. The van der Waals surface area contributed by atoms with Crippen molar-refractivity contribution < 1.29 is 8.78 Å². The first-order chi connectivity index (χ1) is 32.5. The first-order valence-electron chi connectivity index (χ1n) is 20.8. The molecule has 310 valence electrons. The van der Waals surface area contributed by atoms with Gasteiger partial charge >= 0.3 is 0 Å². The zero-order valence-electron chi connectivity index (χ0n) is 34.4. The molecule has 13 heteroatoms. The van der Waals surface area contributed by atoms with Crippen LogP contribution in [-0.2, 0) is 0 Å². The zero-order chi connectivity index (χ0) is 44.3. The van der Waals surface area contributed by atoms with Crippen molar-refractivity contribution in [3.63, 3.8) is 0 Å². The minimum atomic E-state index is -0.809. The number of nitrogens with zero attached hydrogens (tertiary/aromatic N) is 11. The molecule has 0 saturated heterocycles. The Balaban J connectivity index is 1.27. The highest BCUT2D eigenvalue weighted by molar-refractivity contribution is 6.13. The number of rotatable bonds is 7. The third-order valence-corrected chi connectivity index (χ3v) is 11.8. The summed E-state index contributed by atoms with van der Waals surface area (Å²) >= 11 is 0. The van der Waals surface area contributed by atoms with Crippen molar-refractivity contribution in [2.24, 2.45) is 0 Å². The fraction of sp³-hybridized carbons (Fsp3) is 0. The highest BCUT2D eigenvalue weighted by atomic mass is 19.1. The van der Waals surface area contributed by atoms with E-state index in [9.17, 15) is 5.26 Å². The summed E-state index contributed by atoms with van der Waals surface area (Å²) in [5.74, 6) is 0.445. The van der Waals surface area contributed by atoms with Gasteiger partial charge in [0.15, 0.2) is 23.3 Å². The topological polar surface area (TPSA) is 137 Å². The summed E-state index contributed by atoms with van der Waals surface area (Å²) < 4.78 is 36.3. The molecule has 6 aromatic carbocycles. The van der Waals surface area contributed by atoms with Crippen molar-refractivity contribution in [2.45, 2.75) is 0 Å². The molecule has 6 heterocycles. The molecule has 12 rings (SSSR count). The molecule has 0 unspecified atom stereocenters. The number of fused-ring (bicyclic) bond motifs is 6. The largest absolute Gasteiger partial charge is 0.307 e. The minimum absolute atomic E-state index is 0.0513. The van der Waals surface area contributed by atoms with Crippen LogP contribution in [0.5, 0.6) is 0 Å². The summed E-state index contributed by atoms with van der Waals surface area (Å²) in [5.41, 5.74) is 6.82. The lowest BCUT2D eigenvalue weighted by atomic mass is 9.97. The Bertz CT molecular complexity index is 3690. The van der Waals surface area contributed by atoms with E-state index < -0.39 is 11.6 Å². The lowest BCUT2D eigenvalue weighted by Crippen LogP contribution is -2.06. The second kappa shape index (κ2) is 15.4. The first-order valence-corrected chi connectivity index (χ1v) is 20.8. The molecule has 0 spiro atoms. The van der Waals surface area contributed by atoms with E-state index in [1.807, 2.05) is 72.8 Å². The molecular weight excluding hydrogens is 829 g/mol. The van der Waals surface area contributed by atoms with Crippen LogP contribution in [0, 0.1) is 23.0 Å². The first kappa shape index (κ1) is 38.3. The lowest BCUT2D eigenvalue weighted by Gasteiger charge is -2.20. The maximum Gasteiger partial charge on any atom is 0.159 e. The zero-order valence-corrected chi connectivity index (χ0v) is 34.4. The van der Waals surface area contributed by atoms with Gasteiger partial charge in [-0.3, -0.25) is 0 Å². The Kier molecular flexibility index (Phi) is 8.95. The van der Waals surface area contributed by atoms with Crippen molar-refractivity contribution >= 4 is 43.6 Å². The van der Waals surface area contributed by atoms with Crippen molar-refractivity contribution in [1.82, 2.24) is 49.0 Å². The predicted octanol–water partition coefficient (Wildman–Crippen LogP) is 11.5. The molecule has 0 bridgehead atoms. The molecule has 0 aliphatic rings. The summed E-state index contributed by atoms with van der Waals surface area (Å²) in [6.45, 7) is 0. The van der Waals surface area contributed by atoms with Gasteiger partial charge in [0.25, 0.3) is 0 Å². The summed E-state index contributed by atoms with van der Waals surface area (Å²) in [6.07, 6.45) is 13.5. The van der Waals surface area contributed by atoms with Gasteiger partial charge in [0.2, 0.25) is 0 Å². The number of hydrogen-bond acceptors (Lipinski definition) is 9. The van der Waals surface area contributed by atoms with Gasteiger partial charge in [-0.05, 0) is 72.8 Å². The average molecular weight is 858 g/mol. The standard InChI is InChI=1S/C53H29F2N11/c54-41-6-1-7-42(55)49(41)40-29-48(66-45-26-33(52-61-20-4-21-62-52)10-14-38(45)39-15-11-34(27-46(39)66)53-63-22-5-23-64-53)47(28-35(40)30-56)65-43-24-31(50-57-16-2-17-58-50)8-12-36(43)37-13-9-32(25-44(37)65)51-59-18-3-19-60-51/h1-29H. The SMILES string of the molecule is N#Cc1cc(-n2c3cc(-c4ncccn4)ccc3c3ccc(-c4ncccn4)cc32)c(-n2c3cc(-c4ncccn4)ccc3c3ccc(-c4ncccn4)cc32)cc1-c1c(F)cccc1F. The number of benzene rings is 6. The van der Waals surface area contributed by atoms with Crippen molar-refractivity contribution in [1.29, 1.82) is 5.26 Å². The van der Waals surface area contributed by atoms with E-state index in [-0.39, 0.29) is 16.7 Å². The van der Waals surface area contributed by atoms with Crippen LogP contribution in [0.2, 0.25) is 0 Å². The molecular formula is C53H29F2N11. The Morgan fingerprint density at radius 1 is 0.379 bits per heavy atom. The van der Waals surface area contributed by atoms with Crippen LogP contribution < -0.4 is 0 Å². The number of nitriles is 1. The Labute approximate surface area is 373 Å².